The predicted molar refractivity (Wildman–Crippen MR) is 113 cm³/mol. The van der Waals surface area contributed by atoms with Gasteiger partial charge in [-0.1, -0.05) is 55.5 Å². The fourth-order valence-corrected chi connectivity index (χ4v) is 5.01. The van der Waals surface area contributed by atoms with E-state index in [2.05, 4.69) is 24.0 Å². The van der Waals surface area contributed by atoms with Gasteiger partial charge < -0.3 is 10.0 Å². The third-order valence-corrected chi connectivity index (χ3v) is 6.99. The van der Waals surface area contributed by atoms with Gasteiger partial charge in [0.25, 0.3) is 0 Å². The molecule has 4 nitrogen and oxygen atoms in total. The van der Waals surface area contributed by atoms with Gasteiger partial charge >= 0.3 is 0 Å². The van der Waals surface area contributed by atoms with E-state index in [0.29, 0.717) is 31.8 Å². The fraction of sp³-hybridized carbons (Fsp3) is 0.360. The van der Waals surface area contributed by atoms with Crippen LogP contribution in [0.4, 0.5) is 0 Å². The SMILES string of the molecule is C[C@]1(C(=O)N2CCC(O)(c3cccc4cnccc34)CC2)C[C@@H]1c1ccccc1. The number of fused-ring (bicyclic) bond motifs is 1. The second-order valence-electron chi connectivity index (χ2n) is 8.81. The largest absolute Gasteiger partial charge is 0.385 e. The molecular formula is C25H26N2O2. The van der Waals surface area contributed by atoms with Gasteiger partial charge in [-0.2, -0.15) is 0 Å². The molecule has 1 aromatic heterocycles. The van der Waals surface area contributed by atoms with E-state index in [4.69, 9.17) is 0 Å². The Morgan fingerprint density at radius 2 is 1.83 bits per heavy atom. The fourth-order valence-electron chi connectivity index (χ4n) is 5.01. The molecule has 3 aromatic rings. The average molecular weight is 386 g/mol. The zero-order chi connectivity index (χ0) is 20.1. The monoisotopic (exact) mass is 386 g/mol. The molecule has 2 atom stereocenters. The molecule has 2 aromatic carbocycles. The second kappa shape index (κ2) is 6.67. The van der Waals surface area contributed by atoms with Gasteiger partial charge in [-0.3, -0.25) is 9.78 Å². The number of nitrogens with zero attached hydrogens (tertiary/aromatic N) is 2. The molecule has 0 radical (unpaired) electrons. The molecule has 29 heavy (non-hydrogen) atoms. The maximum atomic E-state index is 13.3. The molecule has 0 unspecified atom stereocenters. The smallest absolute Gasteiger partial charge is 0.229 e. The first kappa shape index (κ1) is 18.3. The van der Waals surface area contributed by atoms with Gasteiger partial charge in [0.05, 0.1) is 11.0 Å². The first-order valence-corrected chi connectivity index (χ1v) is 10.4. The van der Waals surface area contributed by atoms with E-state index < -0.39 is 5.60 Å². The standard InChI is InChI=1S/C25H26N2O2/c1-24(16-22(24)18-6-3-2-4-7-18)23(28)27-14-11-25(29,12-15-27)21-9-5-8-19-17-26-13-10-20(19)21/h2-10,13,17,22,29H,11-12,14-16H2,1H3/t22-,24+/m1/s1. The van der Waals surface area contributed by atoms with Crippen LogP contribution in [0.2, 0.25) is 0 Å². The second-order valence-corrected chi connectivity index (χ2v) is 8.81. The number of aromatic nitrogens is 1. The first-order valence-electron chi connectivity index (χ1n) is 10.4. The van der Waals surface area contributed by atoms with Crippen LogP contribution in [0, 0.1) is 5.41 Å². The highest BCUT2D eigenvalue weighted by Crippen LogP contribution is 2.60. The number of piperidine rings is 1. The van der Waals surface area contributed by atoms with Gasteiger partial charge in [0.15, 0.2) is 0 Å². The van der Waals surface area contributed by atoms with Crippen molar-refractivity contribution in [2.45, 2.75) is 37.7 Å². The van der Waals surface area contributed by atoms with Gasteiger partial charge in [-0.05, 0) is 47.8 Å². The van der Waals surface area contributed by atoms with Crippen molar-refractivity contribution in [3.63, 3.8) is 0 Å². The number of hydrogen-bond acceptors (Lipinski definition) is 3. The molecule has 2 fully saturated rings. The van der Waals surface area contributed by atoms with Crippen LogP contribution in [-0.2, 0) is 10.4 Å². The number of rotatable bonds is 3. The molecule has 4 heteroatoms. The highest BCUT2D eigenvalue weighted by Gasteiger charge is 2.58. The Morgan fingerprint density at radius 1 is 1.07 bits per heavy atom. The third kappa shape index (κ3) is 3.03. The predicted octanol–water partition coefficient (Wildman–Crippen LogP) is 4.24. The summed E-state index contributed by atoms with van der Waals surface area (Å²) in [4.78, 5) is 19.4. The van der Waals surface area contributed by atoms with Gasteiger partial charge in [-0.25, -0.2) is 0 Å². The third-order valence-electron chi connectivity index (χ3n) is 6.99. The lowest BCUT2D eigenvalue weighted by Crippen LogP contribution is -2.47. The number of carbonyl (C=O) groups excluding carboxylic acids is 1. The number of aliphatic hydroxyl groups is 1. The van der Waals surface area contributed by atoms with Crippen LogP contribution in [0.5, 0.6) is 0 Å². The molecule has 2 heterocycles. The molecular weight excluding hydrogens is 360 g/mol. The van der Waals surface area contributed by atoms with Crippen LogP contribution in [0.15, 0.2) is 67.0 Å². The molecule has 1 N–H and O–H groups in total. The van der Waals surface area contributed by atoms with Crippen LogP contribution < -0.4 is 0 Å². The Bertz CT molecular complexity index is 1050. The lowest BCUT2D eigenvalue weighted by molar-refractivity contribution is -0.141. The maximum Gasteiger partial charge on any atom is 0.229 e. The number of amides is 1. The summed E-state index contributed by atoms with van der Waals surface area (Å²) in [5, 5.41) is 13.5. The lowest BCUT2D eigenvalue weighted by atomic mass is 9.82. The van der Waals surface area contributed by atoms with Crippen molar-refractivity contribution >= 4 is 16.7 Å². The Kier molecular flexibility index (Phi) is 4.21. The van der Waals surface area contributed by atoms with Crippen LogP contribution in [0.25, 0.3) is 10.8 Å². The van der Waals surface area contributed by atoms with Crippen molar-refractivity contribution in [1.82, 2.24) is 9.88 Å². The van der Waals surface area contributed by atoms with Crippen molar-refractivity contribution in [2.24, 2.45) is 5.41 Å². The highest BCUT2D eigenvalue weighted by atomic mass is 16.3. The topological polar surface area (TPSA) is 53.4 Å². The van der Waals surface area contributed by atoms with Crippen LogP contribution in [-0.4, -0.2) is 34.0 Å². The normalized spacial score (nSPS) is 25.7. The van der Waals surface area contributed by atoms with Crippen molar-refractivity contribution in [1.29, 1.82) is 0 Å². The quantitative estimate of drug-likeness (QED) is 0.733. The van der Waals surface area contributed by atoms with Crippen LogP contribution >= 0.6 is 0 Å². The van der Waals surface area contributed by atoms with Crippen molar-refractivity contribution in [3.8, 4) is 0 Å². The Balaban J connectivity index is 1.32. The summed E-state index contributed by atoms with van der Waals surface area (Å²) in [6.45, 7) is 3.27. The minimum absolute atomic E-state index is 0.232. The summed E-state index contributed by atoms with van der Waals surface area (Å²) in [6.07, 6.45) is 5.63. The average Bonchev–Trinajstić information content (AvgIpc) is 3.47. The number of pyridine rings is 1. The Morgan fingerprint density at radius 3 is 2.59 bits per heavy atom. The van der Waals surface area contributed by atoms with Gasteiger partial charge in [0.2, 0.25) is 5.91 Å². The number of hydrogen-bond donors (Lipinski definition) is 1. The lowest BCUT2D eigenvalue weighted by Gasteiger charge is -2.40. The molecule has 2 aliphatic rings. The van der Waals surface area contributed by atoms with Crippen molar-refractivity contribution in [2.75, 3.05) is 13.1 Å². The zero-order valence-corrected chi connectivity index (χ0v) is 16.7. The van der Waals surface area contributed by atoms with Gasteiger partial charge in [-0.15, -0.1) is 0 Å². The van der Waals surface area contributed by atoms with E-state index in [1.807, 2.05) is 53.6 Å². The maximum absolute atomic E-state index is 13.3. The Hall–Kier alpha value is -2.72. The molecule has 1 aliphatic carbocycles. The van der Waals surface area contributed by atoms with Gasteiger partial charge in [0.1, 0.15) is 0 Å². The van der Waals surface area contributed by atoms with E-state index in [-0.39, 0.29) is 11.3 Å². The summed E-state index contributed by atoms with van der Waals surface area (Å²) < 4.78 is 0. The summed E-state index contributed by atoms with van der Waals surface area (Å²) in [5.74, 6) is 0.540. The Labute approximate surface area is 171 Å². The zero-order valence-electron chi connectivity index (χ0n) is 16.7. The molecule has 1 saturated carbocycles. The van der Waals surface area contributed by atoms with Crippen LogP contribution in [0.1, 0.15) is 43.2 Å². The molecule has 5 rings (SSSR count). The van der Waals surface area contributed by atoms with E-state index >= 15 is 0 Å². The van der Waals surface area contributed by atoms with Crippen LogP contribution in [0.3, 0.4) is 0 Å². The minimum Gasteiger partial charge on any atom is -0.385 e. The molecule has 1 amide bonds. The van der Waals surface area contributed by atoms with E-state index in [1.54, 1.807) is 6.20 Å². The highest BCUT2D eigenvalue weighted by molar-refractivity contribution is 5.88. The van der Waals surface area contributed by atoms with Crippen molar-refractivity contribution in [3.05, 3.63) is 78.1 Å². The molecule has 1 aliphatic heterocycles. The molecule has 1 saturated heterocycles. The molecule has 0 bridgehead atoms. The van der Waals surface area contributed by atoms with Crippen molar-refractivity contribution < 1.29 is 9.90 Å². The summed E-state index contributed by atoms with van der Waals surface area (Å²) >= 11 is 0. The summed E-state index contributed by atoms with van der Waals surface area (Å²) in [5.41, 5.74) is 0.994. The van der Waals surface area contributed by atoms with Gasteiger partial charge in [0, 0.05) is 30.9 Å². The minimum atomic E-state index is -0.902. The number of benzene rings is 2. The number of carbonyl (C=O) groups is 1. The molecule has 148 valence electrons. The van der Waals surface area contributed by atoms with E-state index in [0.717, 1.165) is 22.8 Å². The first-order chi connectivity index (χ1) is 14.0. The molecule has 0 spiro atoms. The van der Waals surface area contributed by atoms with E-state index in [1.165, 1.54) is 5.56 Å². The van der Waals surface area contributed by atoms with E-state index in [9.17, 15) is 9.90 Å². The number of likely N-dealkylation sites (tertiary alicyclic amines) is 1. The summed E-state index contributed by atoms with van der Waals surface area (Å²) in [6, 6.07) is 18.3. The summed E-state index contributed by atoms with van der Waals surface area (Å²) in [7, 11) is 0.